The molecule has 0 unspecified atom stereocenters. The first-order chi connectivity index (χ1) is 8.20. The molecule has 0 aliphatic rings. The highest BCUT2D eigenvalue weighted by Crippen LogP contribution is 2.22. The summed E-state index contributed by atoms with van der Waals surface area (Å²) in [4.78, 5) is 14.3. The Morgan fingerprint density at radius 2 is 2.11 bits per heavy atom. The molecule has 18 heavy (non-hydrogen) atoms. The molecule has 1 aromatic heterocycles. The lowest BCUT2D eigenvalue weighted by Crippen LogP contribution is -2.46. The summed E-state index contributed by atoms with van der Waals surface area (Å²) in [6.07, 6.45) is 1.71. The number of aryl methyl sites for hydroxylation is 2. The minimum Gasteiger partial charge on any atom is -0.395 e. The maximum atomic E-state index is 12.6. The van der Waals surface area contributed by atoms with E-state index in [1.165, 1.54) is 4.68 Å². The molecule has 1 amide bonds. The number of aromatic nitrogens is 2. The summed E-state index contributed by atoms with van der Waals surface area (Å²) in [5, 5.41) is 4.17. The van der Waals surface area contributed by atoms with Crippen molar-refractivity contribution in [1.82, 2.24) is 14.7 Å². The molecule has 0 atom stereocenters. The van der Waals surface area contributed by atoms with E-state index in [1.54, 1.807) is 24.9 Å². The number of nitrogens with zero attached hydrogens (tertiary/aromatic N) is 3. The van der Waals surface area contributed by atoms with Crippen LogP contribution in [0.2, 0.25) is 0 Å². The molecule has 0 fully saturated rings. The number of hydrogen-bond donors (Lipinski definition) is 1. The minimum atomic E-state index is -0.296. The molecule has 0 saturated heterocycles. The van der Waals surface area contributed by atoms with Crippen molar-refractivity contribution in [3.63, 3.8) is 0 Å². The molecule has 0 aliphatic heterocycles. The first-order valence-corrected chi connectivity index (χ1v) is 5.92. The van der Waals surface area contributed by atoms with Crippen LogP contribution in [-0.2, 0) is 7.05 Å². The van der Waals surface area contributed by atoms with Crippen LogP contribution < -0.4 is 5.73 Å². The molecule has 0 aliphatic carbocycles. The fraction of sp³-hybridized carbons (Fsp3) is 0.538. The SMILES string of the molecule is C=CCN(C(=O)c1c(N)c(C)nn1C)C(C)(C)C. The van der Waals surface area contributed by atoms with Crippen LogP contribution in [0.5, 0.6) is 0 Å². The highest BCUT2D eigenvalue weighted by atomic mass is 16.2. The van der Waals surface area contributed by atoms with Crippen LogP contribution in [0.4, 0.5) is 5.69 Å². The van der Waals surface area contributed by atoms with Crippen molar-refractivity contribution >= 4 is 11.6 Å². The maximum Gasteiger partial charge on any atom is 0.274 e. The van der Waals surface area contributed by atoms with E-state index < -0.39 is 0 Å². The summed E-state index contributed by atoms with van der Waals surface area (Å²) in [5.74, 6) is -0.122. The van der Waals surface area contributed by atoms with Crippen molar-refractivity contribution in [2.24, 2.45) is 7.05 Å². The highest BCUT2D eigenvalue weighted by molar-refractivity contribution is 5.98. The molecule has 0 radical (unpaired) electrons. The number of hydrogen-bond acceptors (Lipinski definition) is 3. The monoisotopic (exact) mass is 250 g/mol. The average Bonchev–Trinajstić information content (AvgIpc) is 2.47. The molecule has 1 heterocycles. The van der Waals surface area contributed by atoms with Gasteiger partial charge in [-0.3, -0.25) is 9.48 Å². The van der Waals surface area contributed by atoms with Crippen LogP contribution in [0.25, 0.3) is 0 Å². The van der Waals surface area contributed by atoms with E-state index in [9.17, 15) is 4.79 Å². The Kier molecular flexibility index (Phi) is 3.84. The van der Waals surface area contributed by atoms with E-state index in [2.05, 4.69) is 11.7 Å². The molecule has 5 nitrogen and oxygen atoms in total. The second-order valence-corrected chi connectivity index (χ2v) is 5.35. The van der Waals surface area contributed by atoms with Crippen molar-refractivity contribution in [3.05, 3.63) is 24.0 Å². The summed E-state index contributed by atoms with van der Waals surface area (Å²) >= 11 is 0. The fourth-order valence-corrected chi connectivity index (χ4v) is 1.85. The van der Waals surface area contributed by atoms with Gasteiger partial charge < -0.3 is 10.6 Å². The zero-order valence-electron chi connectivity index (χ0n) is 11.8. The molecule has 100 valence electrons. The zero-order valence-corrected chi connectivity index (χ0v) is 11.8. The van der Waals surface area contributed by atoms with Gasteiger partial charge in [0.1, 0.15) is 5.69 Å². The number of nitrogen functional groups attached to an aromatic ring is 1. The predicted octanol–water partition coefficient (Wildman–Crippen LogP) is 1.74. The Balaban J connectivity index is 3.22. The normalized spacial score (nSPS) is 11.4. The van der Waals surface area contributed by atoms with Gasteiger partial charge in [-0.05, 0) is 27.7 Å². The smallest absolute Gasteiger partial charge is 0.274 e. The van der Waals surface area contributed by atoms with Gasteiger partial charge in [-0.1, -0.05) is 6.08 Å². The molecule has 5 heteroatoms. The molecule has 0 saturated carbocycles. The van der Waals surface area contributed by atoms with Gasteiger partial charge in [0.25, 0.3) is 5.91 Å². The van der Waals surface area contributed by atoms with Gasteiger partial charge in [-0.25, -0.2) is 0 Å². The quantitative estimate of drug-likeness (QED) is 0.831. The van der Waals surface area contributed by atoms with Crippen molar-refractivity contribution < 1.29 is 4.79 Å². The number of carbonyl (C=O) groups excluding carboxylic acids is 1. The molecule has 1 rings (SSSR count). The highest BCUT2D eigenvalue weighted by Gasteiger charge is 2.30. The Morgan fingerprint density at radius 1 is 1.56 bits per heavy atom. The van der Waals surface area contributed by atoms with Crippen LogP contribution in [-0.4, -0.2) is 32.7 Å². The van der Waals surface area contributed by atoms with E-state index >= 15 is 0 Å². The predicted molar refractivity (Wildman–Crippen MR) is 73.3 cm³/mol. The van der Waals surface area contributed by atoms with Crippen LogP contribution in [0.3, 0.4) is 0 Å². The number of amides is 1. The molecule has 0 spiro atoms. The first kappa shape index (κ1) is 14.3. The molecule has 0 bridgehead atoms. The van der Waals surface area contributed by atoms with E-state index in [4.69, 9.17) is 5.73 Å². The Bertz CT molecular complexity index is 468. The van der Waals surface area contributed by atoms with E-state index in [-0.39, 0.29) is 11.4 Å². The Labute approximate surface area is 108 Å². The van der Waals surface area contributed by atoms with Crippen molar-refractivity contribution in [3.8, 4) is 0 Å². The van der Waals surface area contributed by atoms with Gasteiger partial charge in [0.15, 0.2) is 0 Å². The lowest BCUT2D eigenvalue weighted by molar-refractivity contribution is 0.0606. The zero-order chi connectivity index (χ0) is 14.1. The molecular formula is C13H22N4O. The van der Waals surface area contributed by atoms with E-state index in [0.29, 0.717) is 23.6 Å². The van der Waals surface area contributed by atoms with Crippen molar-refractivity contribution in [1.29, 1.82) is 0 Å². The summed E-state index contributed by atoms with van der Waals surface area (Å²) in [5.41, 5.74) is 7.18. The topological polar surface area (TPSA) is 64.2 Å². The van der Waals surface area contributed by atoms with E-state index in [1.807, 2.05) is 20.8 Å². The Hall–Kier alpha value is -1.78. The van der Waals surface area contributed by atoms with Gasteiger partial charge >= 0.3 is 0 Å². The lowest BCUT2D eigenvalue weighted by atomic mass is 10.0. The largest absolute Gasteiger partial charge is 0.395 e. The number of nitrogens with two attached hydrogens (primary N) is 1. The first-order valence-electron chi connectivity index (χ1n) is 5.92. The second kappa shape index (κ2) is 4.84. The van der Waals surface area contributed by atoms with E-state index in [0.717, 1.165) is 0 Å². The lowest BCUT2D eigenvalue weighted by Gasteiger charge is -2.35. The van der Waals surface area contributed by atoms with Crippen LogP contribution >= 0.6 is 0 Å². The molecule has 1 aromatic rings. The third kappa shape index (κ3) is 2.55. The standard InChI is InChI=1S/C13H22N4O/c1-7-8-17(13(3,4)5)12(18)11-10(14)9(2)15-16(11)6/h7H,1,8,14H2,2-6H3. The summed E-state index contributed by atoms with van der Waals surface area (Å²) in [6.45, 7) is 11.9. The van der Waals surface area contributed by atoms with Gasteiger partial charge in [-0.2, -0.15) is 5.10 Å². The van der Waals surface area contributed by atoms with Crippen molar-refractivity contribution in [2.75, 3.05) is 12.3 Å². The summed E-state index contributed by atoms with van der Waals surface area (Å²) in [7, 11) is 1.73. The summed E-state index contributed by atoms with van der Waals surface area (Å²) < 4.78 is 1.54. The molecule has 0 aromatic carbocycles. The van der Waals surface area contributed by atoms with Gasteiger partial charge in [0.05, 0.1) is 11.4 Å². The van der Waals surface area contributed by atoms with Gasteiger partial charge in [0, 0.05) is 19.1 Å². The number of rotatable bonds is 3. The van der Waals surface area contributed by atoms with Crippen LogP contribution in [0, 0.1) is 6.92 Å². The average molecular weight is 250 g/mol. The van der Waals surface area contributed by atoms with Crippen molar-refractivity contribution in [2.45, 2.75) is 33.2 Å². The van der Waals surface area contributed by atoms with Crippen LogP contribution in [0.1, 0.15) is 37.0 Å². The van der Waals surface area contributed by atoms with Crippen LogP contribution in [0.15, 0.2) is 12.7 Å². The fourth-order valence-electron chi connectivity index (χ4n) is 1.85. The number of carbonyl (C=O) groups is 1. The van der Waals surface area contributed by atoms with Gasteiger partial charge in [0.2, 0.25) is 0 Å². The second-order valence-electron chi connectivity index (χ2n) is 5.35. The Morgan fingerprint density at radius 3 is 2.44 bits per heavy atom. The third-order valence-corrected chi connectivity index (χ3v) is 2.84. The number of anilines is 1. The third-order valence-electron chi connectivity index (χ3n) is 2.84. The summed E-state index contributed by atoms with van der Waals surface area (Å²) in [6, 6.07) is 0. The van der Waals surface area contributed by atoms with Gasteiger partial charge in [-0.15, -0.1) is 6.58 Å². The molecular weight excluding hydrogens is 228 g/mol. The maximum absolute atomic E-state index is 12.6. The molecule has 2 N–H and O–H groups in total. The minimum absolute atomic E-state index is 0.122.